The third-order valence-corrected chi connectivity index (χ3v) is 2.93. The first-order chi connectivity index (χ1) is 8.58. The SMILES string of the molecule is CC(C)C[C@@H](N)c1nc(-c2ccccc2Cl)no1. The predicted molar refractivity (Wildman–Crippen MR) is 71.1 cm³/mol. The van der Waals surface area contributed by atoms with Crippen molar-refractivity contribution >= 4 is 11.6 Å². The van der Waals surface area contributed by atoms with E-state index in [-0.39, 0.29) is 6.04 Å². The molecule has 18 heavy (non-hydrogen) atoms. The quantitative estimate of drug-likeness (QED) is 0.920. The second-order valence-corrected chi connectivity index (χ2v) is 5.08. The van der Waals surface area contributed by atoms with Gasteiger partial charge in [-0.3, -0.25) is 0 Å². The van der Waals surface area contributed by atoms with E-state index in [2.05, 4.69) is 24.0 Å². The van der Waals surface area contributed by atoms with Crippen molar-refractivity contribution in [2.75, 3.05) is 0 Å². The summed E-state index contributed by atoms with van der Waals surface area (Å²) in [5, 5.41) is 4.52. The predicted octanol–water partition coefficient (Wildman–Crippen LogP) is 3.44. The van der Waals surface area contributed by atoms with Gasteiger partial charge in [-0.2, -0.15) is 4.98 Å². The Hall–Kier alpha value is -1.39. The molecule has 0 aliphatic heterocycles. The van der Waals surface area contributed by atoms with Crippen LogP contribution in [0.3, 0.4) is 0 Å². The molecule has 2 aromatic rings. The first-order valence-corrected chi connectivity index (χ1v) is 6.30. The Kier molecular flexibility index (Phi) is 3.99. The highest BCUT2D eigenvalue weighted by Gasteiger charge is 2.17. The molecular formula is C13H16ClN3O. The van der Waals surface area contributed by atoms with Gasteiger partial charge in [0.05, 0.1) is 11.1 Å². The molecule has 0 radical (unpaired) electrons. The van der Waals surface area contributed by atoms with E-state index < -0.39 is 0 Å². The van der Waals surface area contributed by atoms with Crippen LogP contribution in [0.5, 0.6) is 0 Å². The van der Waals surface area contributed by atoms with Crippen LogP contribution in [0.4, 0.5) is 0 Å². The van der Waals surface area contributed by atoms with E-state index in [4.69, 9.17) is 21.9 Å². The zero-order chi connectivity index (χ0) is 13.1. The normalized spacial score (nSPS) is 12.9. The summed E-state index contributed by atoms with van der Waals surface area (Å²) in [6.07, 6.45) is 0.810. The van der Waals surface area contributed by atoms with Crippen LogP contribution in [0, 0.1) is 5.92 Å². The van der Waals surface area contributed by atoms with Gasteiger partial charge in [-0.15, -0.1) is 0 Å². The number of aromatic nitrogens is 2. The molecule has 0 aliphatic rings. The average molecular weight is 266 g/mol. The second-order valence-electron chi connectivity index (χ2n) is 4.67. The standard InChI is InChI=1S/C13H16ClN3O/c1-8(2)7-11(15)13-16-12(17-18-13)9-5-3-4-6-10(9)14/h3-6,8,11H,7,15H2,1-2H3/t11-/m1/s1. The fraction of sp³-hybridized carbons (Fsp3) is 0.385. The third kappa shape index (κ3) is 2.89. The van der Waals surface area contributed by atoms with Crippen molar-refractivity contribution in [3.8, 4) is 11.4 Å². The van der Waals surface area contributed by atoms with Crippen molar-refractivity contribution in [3.05, 3.63) is 35.2 Å². The van der Waals surface area contributed by atoms with E-state index in [0.29, 0.717) is 22.7 Å². The molecule has 2 N–H and O–H groups in total. The van der Waals surface area contributed by atoms with E-state index in [9.17, 15) is 0 Å². The van der Waals surface area contributed by atoms with Crippen LogP contribution in [-0.2, 0) is 0 Å². The minimum absolute atomic E-state index is 0.228. The van der Waals surface area contributed by atoms with Gasteiger partial charge in [0.1, 0.15) is 0 Å². The summed E-state index contributed by atoms with van der Waals surface area (Å²) in [6.45, 7) is 4.20. The van der Waals surface area contributed by atoms with E-state index in [1.807, 2.05) is 18.2 Å². The van der Waals surface area contributed by atoms with Crippen molar-refractivity contribution in [1.29, 1.82) is 0 Å². The average Bonchev–Trinajstić information content (AvgIpc) is 2.78. The van der Waals surface area contributed by atoms with E-state index in [1.54, 1.807) is 6.07 Å². The summed E-state index contributed by atoms with van der Waals surface area (Å²) in [4.78, 5) is 4.31. The van der Waals surface area contributed by atoms with Crippen LogP contribution < -0.4 is 5.73 Å². The lowest BCUT2D eigenvalue weighted by Crippen LogP contribution is -2.13. The van der Waals surface area contributed by atoms with Crippen LogP contribution >= 0.6 is 11.6 Å². The number of nitrogens with zero attached hydrogens (tertiary/aromatic N) is 2. The second kappa shape index (κ2) is 5.50. The molecular weight excluding hydrogens is 250 g/mol. The third-order valence-electron chi connectivity index (χ3n) is 2.60. The molecule has 0 unspecified atom stereocenters. The van der Waals surface area contributed by atoms with Crippen LogP contribution in [0.25, 0.3) is 11.4 Å². The Bertz CT molecular complexity index is 524. The van der Waals surface area contributed by atoms with Gasteiger partial charge in [0.2, 0.25) is 11.7 Å². The fourth-order valence-electron chi connectivity index (χ4n) is 1.75. The highest BCUT2D eigenvalue weighted by atomic mass is 35.5. The van der Waals surface area contributed by atoms with Crippen LogP contribution in [0.15, 0.2) is 28.8 Å². The maximum Gasteiger partial charge on any atom is 0.243 e. The number of hydrogen-bond donors (Lipinski definition) is 1. The van der Waals surface area contributed by atoms with Crippen molar-refractivity contribution in [3.63, 3.8) is 0 Å². The molecule has 0 amide bonds. The highest BCUT2D eigenvalue weighted by Crippen LogP contribution is 2.26. The molecule has 1 aromatic carbocycles. The van der Waals surface area contributed by atoms with Gasteiger partial charge in [0, 0.05) is 5.56 Å². The molecule has 5 heteroatoms. The van der Waals surface area contributed by atoms with Crippen molar-refractivity contribution in [2.24, 2.45) is 11.7 Å². The van der Waals surface area contributed by atoms with Gasteiger partial charge in [-0.25, -0.2) is 0 Å². The lowest BCUT2D eigenvalue weighted by atomic mass is 10.0. The summed E-state index contributed by atoms with van der Waals surface area (Å²) in [5.41, 5.74) is 6.75. The number of hydrogen-bond acceptors (Lipinski definition) is 4. The molecule has 1 heterocycles. The Morgan fingerprint density at radius 3 is 2.72 bits per heavy atom. The molecule has 2 rings (SSSR count). The van der Waals surface area contributed by atoms with Gasteiger partial charge in [0.25, 0.3) is 0 Å². The molecule has 4 nitrogen and oxygen atoms in total. The maximum absolute atomic E-state index is 6.08. The number of nitrogens with two attached hydrogens (primary N) is 1. The minimum Gasteiger partial charge on any atom is -0.337 e. The topological polar surface area (TPSA) is 64.9 Å². The van der Waals surface area contributed by atoms with Gasteiger partial charge in [-0.1, -0.05) is 42.7 Å². The van der Waals surface area contributed by atoms with Crippen molar-refractivity contribution < 1.29 is 4.52 Å². The maximum atomic E-state index is 6.08. The van der Waals surface area contributed by atoms with E-state index in [1.165, 1.54) is 0 Å². The number of halogens is 1. The molecule has 0 fully saturated rings. The minimum atomic E-state index is -0.228. The lowest BCUT2D eigenvalue weighted by Gasteiger charge is -2.08. The number of benzene rings is 1. The fourth-order valence-corrected chi connectivity index (χ4v) is 1.97. The zero-order valence-corrected chi connectivity index (χ0v) is 11.2. The summed E-state index contributed by atoms with van der Waals surface area (Å²) in [6, 6.07) is 7.16. The molecule has 1 aromatic heterocycles. The van der Waals surface area contributed by atoms with Crippen LogP contribution in [0.2, 0.25) is 5.02 Å². The van der Waals surface area contributed by atoms with Gasteiger partial charge in [-0.05, 0) is 24.5 Å². The monoisotopic (exact) mass is 265 g/mol. The molecule has 0 saturated carbocycles. The van der Waals surface area contributed by atoms with E-state index >= 15 is 0 Å². The molecule has 96 valence electrons. The Balaban J connectivity index is 2.23. The van der Waals surface area contributed by atoms with E-state index in [0.717, 1.165) is 12.0 Å². The van der Waals surface area contributed by atoms with Gasteiger partial charge in [0.15, 0.2) is 0 Å². The molecule has 0 aliphatic carbocycles. The molecule has 0 bridgehead atoms. The van der Waals surface area contributed by atoms with Crippen molar-refractivity contribution in [2.45, 2.75) is 26.3 Å². The first-order valence-electron chi connectivity index (χ1n) is 5.92. The highest BCUT2D eigenvalue weighted by molar-refractivity contribution is 6.33. The lowest BCUT2D eigenvalue weighted by molar-refractivity contribution is 0.335. The first kappa shape index (κ1) is 13.1. The Labute approximate surface area is 111 Å². The van der Waals surface area contributed by atoms with Gasteiger partial charge < -0.3 is 10.3 Å². The Morgan fingerprint density at radius 2 is 2.06 bits per heavy atom. The molecule has 1 atom stereocenters. The molecule has 0 spiro atoms. The number of rotatable bonds is 4. The summed E-state index contributed by atoms with van der Waals surface area (Å²) < 4.78 is 5.19. The summed E-state index contributed by atoms with van der Waals surface area (Å²) in [7, 11) is 0. The Morgan fingerprint density at radius 1 is 1.33 bits per heavy atom. The summed E-state index contributed by atoms with van der Waals surface area (Å²) >= 11 is 6.08. The van der Waals surface area contributed by atoms with Gasteiger partial charge >= 0.3 is 0 Å². The van der Waals surface area contributed by atoms with Crippen LogP contribution in [0.1, 0.15) is 32.2 Å². The largest absolute Gasteiger partial charge is 0.337 e. The summed E-state index contributed by atoms with van der Waals surface area (Å²) in [5.74, 6) is 1.42. The van der Waals surface area contributed by atoms with Crippen molar-refractivity contribution in [1.82, 2.24) is 10.1 Å². The van der Waals surface area contributed by atoms with Crippen LogP contribution in [-0.4, -0.2) is 10.1 Å². The zero-order valence-electron chi connectivity index (χ0n) is 10.4. The molecule has 0 saturated heterocycles. The smallest absolute Gasteiger partial charge is 0.243 e.